The second kappa shape index (κ2) is 4.98. The number of hydrogen-bond donors (Lipinski definition) is 0. The van der Waals surface area contributed by atoms with Crippen molar-refractivity contribution >= 4 is 11.6 Å². The quantitative estimate of drug-likeness (QED) is 0.816. The van der Waals surface area contributed by atoms with Gasteiger partial charge in [0.05, 0.1) is 12.3 Å². The molecule has 1 atom stereocenters. The molecule has 0 amide bonds. The first kappa shape index (κ1) is 13.3. The Balaban J connectivity index is 1.96. The van der Waals surface area contributed by atoms with Crippen molar-refractivity contribution < 1.29 is 4.74 Å². The lowest BCUT2D eigenvalue weighted by Gasteiger charge is -2.33. The zero-order chi connectivity index (χ0) is 14.2. The fourth-order valence-corrected chi connectivity index (χ4v) is 2.65. The molecule has 3 nitrogen and oxygen atoms in total. The third-order valence-corrected chi connectivity index (χ3v) is 3.77. The molecule has 20 heavy (non-hydrogen) atoms. The number of allylic oxidation sites excluding steroid dienone is 1. The third kappa shape index (κ3) is 2.59. The summed E-state index contributed by atoms with van der Waals surface area (Å²) in [5, 5.41) is 0.735. The Morgan fingerprint density at radius 1 is 1.30 bits per heavy atom. The van der Waals surface area contributed by atoms with Crippen LogP contribution in [0.4, 0.5) is 0 Å². The van der Waals surface area contributed by atoms with E-state index in [0.29, 0.717) is 0 Å². The average molecular weight is 289 g/mol. The molecular weight excluding hydrogens is 272 g/mol. The van der Waals surface area contributed by atoms with Crippen LogP contribution in [0.15, 0.2) is 49.0 Å². The fourth-order valence-electron chi connectivity index (χ4n) is 2.53. The summed E-state index contributed by atoms with van der Waals surface area (Å²) in [5.74, 6) is 0.953. The molecule has 2 aromatic rings. The predicted octanol–water partition coefficient (Wildman–Crippen LogP) is 4.46. The van der Waals surface area contributed by atoms with Gasteiger partial charge in [-0.05, 0) is 44.2 Å². The van der Waals surface area contributed by atoms with Crippen LogP contribution in [-0.2, 0) is 4.74 Å². The van der Waals surface area contributed by atoms with Crippen LogP contribution in [0.1, 0.15) is 26.3 Å². The first-order valence-electron chi connectivity index (χ1n) is 6.68. The molecule has 1 aromatic heterocycles. The molecule has 1 unspecified atom stereocenters. The van der Waals surface area contributed by atoms with Gasteiger partial charge in [0, 0.05) is 29.4 Å². The minimum absolute atomic E-state index is 0.152. The van der Waals surface area contributed by atoms with E-state index >= 15 is 0 Å². The van der Waals surface area contributed by atoms with Crippen molar-refractivity contribution in [1.82, 2.24) is 9.55 Å². The molecule has 1 aliphatic rings. The zero-order valence-corrected chi connectivity index (χ0v) is 12.3. The van der Waals surface area contributed by atoms with Crippen LogP contribution >= 0.6 is 11.6 Å². The van der Waals surface area contributed by atoms with Gasteiger partial charge in [0.15, 0.2) is 0 Å². The lowest BCUT2D eigenvalue weighted by Crippen LogP contribution is -2.29. The molecule has 0 saturated carbocycles. The van der Waals surface area contributed by atoms with E-state index < -0.39 is 0 Å². The number of benzene rings is 1. The first-order chi connectivity index (χ1) is 9.55. The van der Waals surface area contributed by atoms with E-state index in [2.05, 4.69) is 29.5 Å². The summed E-state index contributed by atoms with van der Waals surface area (Å²) in [6.07, 6.45) is 8.63. The SMILES string of the molecule is CC1(C)CC(n2ccnc2-c2ccc(Cl)cc2)C=CO1. The van der Waals surface area contributed by atoms with Gasteiger partial charge in [-0.25, -0.2) is 4.98 Å². The Morgan fingerprint density at radius 3 is 2.75 bits per heavy atom. The van der Waals surface area contributed by atoms with E-state index in [-0.39, 0.29) is 11.6 Å². The molecule has 0 N–H and O–H groups in total. The summed E-state index contributed by atoms with van der Waals surface area (Å²) in [4.78, 5) is 4.48. The van der Waals surface area contributed by atoms with Crippen molar-refractivity contribution in [1.29, 1.82) is 0 Å². The van der Waals surface area contributed by atoms with Gasteiger partial charge in [0.1, 0.15) is 11.4 Å². The highest BCUT2D eigenvalue weighted by Crippen LogP contribution is 2.32. The summed E-state index contributed by atoms with van der Waals surface area (Å²) in [6.45, 7) is 4.20. The van der Waals surface area contributed by atoms with E-state index in [0.717, 1.165) is 22.8 Å². The van der Waals surface area contributed by atoms with Gasteiger partial charge in [-0.1, -0.05) is 11.6 Å². The number of hydrogen-bond acceptors (Lipinski definition) is 2. The third-order valence-electron chi connectivity index (χ3n) is 3.52. The molecule has 0 spiro atoms. The van der Waals surface area contributed by atoms with Crippen molar-refractivity contribution in [2.75, 3.05) is 0 Å². The molecule has 0 radical (unpaired) electrons. The van der Waals surface area contributed by atoms with E-state index in [1.165, 1.54) is 0 Å². The second-order valence-electron chi connectivity index (χ2n) is 5.64. The predicted molar refractivity (Wildman–Crippen MR) is 80.6 cm³/mol. The van der Waals surface area contributed by atoms with Crippen molar-refractivity contribution in [3.8, 4) is 11.4 Å². The van der Waals surface area contributed by atoms with E-state index in [9.17, 15) is 0 Å². The Bertz CT molecular complexity index is 628. The summed E-state index contributed by atoms with van der Waals surface area (Å²) in [7, 11) is 0. The van der Waals surface area contributed by atoms with Gasteiger partial charge in [0.2, 0.25) is 0 Å². The Labute approximate surface area is 123 Å². The maximum absolute atomic E-state index is 5.94. The van der Waals surface area contributed by atoms with Crippen LogP contribution in [0.5, 0.6) is 0 Å². The molecule has 0 fully saturated rings. The van der Waals surface area contributed by atoms with Crippen LogP contribution in [0, 0.1) is 0 Å². The molecule has 2 heterocycles. The highest BCUT2D eigenvalue weighted by Gasteiger charge is 2.28. The van der Waals surface area contributed by atoms with Gasteiger partial charge in [0.25, 0.3) is 0 Å². The number of ether oxygens (including phenoxy) is 1. The van der Waals surface area contributed by atoms with Gasteiger partial charge in [-0.3, -0.25) is 0 Å². The van der Waals surface area contributed by atoms with E-state index in [1.54, 1.807) is 6.26 Å². The normalized spacial score (nSPS) is 20.6. The lowest BCUT2D eigenvalue weighted by atomic mass is 9.96. The molecular formula is C16H17ClN2O. The molecule has 1 aromatic carbocycles. The van der Waals surface area contributed by atoms with E-state index in [4.69, 9.17) is 16.3 Å². The maximum Gasteiger partial charge on any atom is 0.140 e. The van der Waals surface area contributed by atoms with Crippen molar-refractivity contribution in [2.45, 2.75) is 31.9 Å². The van der Waals surface area contributed by atoms with Crippen LogP contribution < -0.4 is 0 Å². The zero-order valence-electron chi connectivity index (χ0n) is 11.6. The Morgan fingerprint density at radius 2 is 2.05 bits per heavy atom. The molecule has 3 rings (SSSR count). The van der Waals surface area contributed by atoms with Crippen LogP contribution in [0.2, 0.25) is 5.02 Å². The molecule has 1 aliphatic heterocycles. The second-order valence-corrected chi connectivity index (χ2v) is 6.08. The highest BCUT2D eigenvalue weighted by molar-refractivity contribution is 6.30. The standard InChI is InChI=1S/C16H17ClN2O/c1-16(2)11-14(7-10-20-16)19-9-8-18-15(19)12-3-5-13(17)6-4-12/h3-10,14H,11H2,1-2H3. The topological polar surface area (TPSA) is 27.1 Å². The van der Waals surface area contributed by atoms with Crippen LogP contribution in [0.25, 0.3) is 11.4 Å². The molecule has 0 saturated heterocycles. The van der Waals surface area contributed by atoms with Crippen molar-refractivity contribution in [3.05, 3.63) is 54.0 Å². The van der Waals surface area contributed by atoms with E-state index in [1.807, 2.05) is 36.7 Å². The minimum atomic E-state index is -0.152. The number of halogens is 1. The van der Waals surface area contributed by atoms with Crippen molar-refractivity contribution in [2.24, 2.45) is 0 Å². The van der Waals surface area contributed by atoms with Crippen molar-refractivity contribution in [3.63, 3.8) is 0 Å². The first-order valence-corrected chi connectivity index (χ1v) is 7.06. The number of nitrogens with zero attached hydrogens (tertiary/aromatic N) is 2. The smallest absolute Gasteiger partial charge is 0.140 e. The Hall–Kier alpha value is -1.74. The van der Waals surface area contributed by atoms with Crippen LogP contribution in [-0.4, -0.2) is 15.2 Å². The fraction of sp³-hybridized carbons (Fsp3) is 0.312. The highest BCUT2D eigenvalue weighted by atomic mass is 35.5. The maximum atomic E-state index is 5.94. The van der Waals surface area contributed by atoms with Gasteiger partial charge in [-0.2, -0.15) is 0 Å². The number of imidazole rings is 1. The Kier molecular flexibility index (Phi) is 3.30. The number of aromatic nitrogens is 2. The summed E-state index contributed by atoms with van der Waals surface area (Å²) < 4.78 is 7.81. The monoisotopic (exact) mass is 288 g/mol. The average Bonchev–Trinajstić information content (AvgIpc) is 2.87. The van der Waals surface area contributed by atoms with Gasteiger partial charge >= 0.3 is 0 Å². The lowest BCUT2D eigenvalue weighted by molar-refractivity contribution is 0.0262. The molecule has 4 heteroatoms. The van der Waals surface area contributed by atoms with Crippen LogP contribution in [0.3, 0.4) is 0 Å². The molecule has 0 bridgehead atoms. The van der Waals surface area contributed by atoms with Gasteiger partial charge in [-0.15, -0.1) is 0 Å². The molecule has 0 aliphatic carbocycles. The summed E-state index contributed by atoms with van der Waals surface area (Å²) in [6, 6.07) is 8.02. The van der Waals surface area contributed by atoms with Gasteiger partial charge < -0.3 is 9.30 Å². The number of rotatable bonds is 2. The largest absolute Gasteiger partial charge is 0.496 e. The molecule has 104 valence electrons. The summed E-state index contributed by atoms with van der Waals surface area (Å²) in [5.41, 5.74) is 0.915. The minimum Gasteiger partial charge on any atom is -0.496 e. The summed E-state index contributed by atoms with van der Waals surface area (Å²) >= 11 is 5.94.